The zero-order valence-corrected chi connectivity index (χ0v) is 17.5. The van der Waals surface area contributed by atoms with Crippen molar-refractivity contribution in [1.82, 2.24) is 4.90 Å². The molecule has 3 aromatic carbocycles. The van der Waals surface area contributed by atoms with Gasteiger partial charge in [-0.05, 0) is 53.1 Å². The van der Waals surface area contributed by atoms with Gasteiger partial charge < -0.3 is 14.5 Å². The molecule has 0 N–H and O–H groups in total. The van der Waals surface area contributed by atoms with Crippen molar-refractivity contribution in [3.63, 3.8) is 0 Å². The van der Waals surface area contributed by atoms with Crippen LogP contribution in [0.15, 0.2) is 72.8 Å². The van der Waals surface area contributed by atoms with Gasteiger partial charge in [-0.2, -0.15) is 5.26 Å². The lowest BCUT2D eigenvalue weighted by atomic mass is 10.0. The first-order chi connectivity index (χ1) is 14.5. The van der Waals surface area contributed by atoms with Crippen LogP contribution in [0.25, 0.3) is 11.1 Å². The van der Waals surface area contributed by atoms with Crippen LogP contribution in [0, 0.1) is 11.3 Å². The Morgan fingerprint density at radius 3 is 1.97 bits per heavy atom. The molecule has 0 aliphatic carbocycles. The normalized spacial score (nSPS) is 10.2. The Morgan fingerprint density at radius 1 is 0.867 bits per heavy atom. The second-order valence-corrected chi connectivity index (χ2v) is 7.31. The van der Waals surface area contributed by atoms with E-state index >= 15 is 0 Å². The number of hydrogen-bond acceptors (Lipinski definition) is 4. The van der Waals surface area contributed by atoms with Gasteiger partial charge >= 0.3 is 0 Å². The Hall–Kier alpha value is -3.78. The Morgan fingerprint density at radius 2 is 1.43 bits per heavy atom. The summed E-state index contributed by atoms with van der Waals surface area (Å²) in [5.74, 6) is 0.562. The van der Waals surface area contributed by atoms with Crippen molar-refractivity contribution in [1.29, 1.82) is 5.26 Å². The van der Waals surface area contributed by atoms with Crippen molar-refractivity contribution in [2.24, 2.45) is 0 Å². The van der Waals surface area contributed by atoms with Crippen molar-refractivity contribution in [2.75, 3.05) is 32.6 Å². The number of carbonyl (C=O) groups is 1. The highest BCUT2D eigenvalue weighted by Gasteiger charge is 2.11. The average molecular weight is 399 g/mol. The smallest absolute Gasteiger partial charge is 0.260 e. The Bertz CT molecular complexity index is 1020. The number of carbonyl (C=O) groups excluding carboxylic acids is 1. The maximum Gasteiger partial charge on any atom is 0.260 e. The third kappa shape index (κ3) is 5.39. The van der Waals surface area contributed by atoms with Crippen LogP contribution in [0.4, 0.5) is 5.69 Å². The van der Waals surface area contributed by atoms with Gasteiger partial charge in [0.1, 0.15) is 5.75 Å². The molecule has 0 fully saturated rings. The molecule has 1 amide bonds. The van der Waals surface area contributed by atoms with E-state index < -0.39 is 0 Å². The van der Waals surface area contributed by atoms with Crippen molar-refractivity contribution >= 4 is 11.6 Å². The highest BCUT2D eigenvalue weighted by Crippen LogP contribution is 2.23. The van der Waals surface area contributed by atoms with Gasteiger partial charge in [0, 0.05) is 33.4 Å². The fraction of sp³-hybridized carbons (Fsp3) is 0.200. The summed E-state index contributed by atoms with van der Waals surface area (Å²) < 4.78 is 5.66. The maximum atomic E-state index is 12.4. The van der Waals surface area contributed by atoms with Gasteiger partial charge in [-0.15, -0.1) is 0 Å². The first kappa shape index (κ1) is 20.9. The van der Waals surface area contributed by atoms with Crippen LogP contribution < -0.4 is 9.64 Å². The molecule has 3 rings (SSSR count). The fourth-order valence-corrected chi connectivity index (χ4v) is 3.00. The lowest BCUT2D eigenvalue weighted by molar-refractivity contribution is -0.132. The minimum absolute atomic E-state index is 0.0114. The Labute approximate surface area is 177 Å². The van der Waals surface area contributed by atoms with E-state index in [0.717, 1.165) is 22.4 Å². The molecule has 0 aromatic heterocycles. The first-order valence-corrected chi connectivity index (χ1v) is 9.70. The van der Waals surface area contributed by atoms with Crippen LogP contribution in [-0.2, 0) is 11.3 Å². The molecular formula is C25H25N3O2. The fourth-order valence-electron chi connectivity index (χ4n) is 3.00. The molecule has 0 atom stereocenters. The largest absolute Gasteiger partial charge is 0.484 e. The lowest BCUT2D eigenvalue weighted by Gasteiger charge is -2.19. The zero-order chi connectivity index (χ0) is 21.5. The van der Waals surface area contributed by atoms with Gasteiger partial charge in [0.05, 0.1) is 11.6 Å². The van der Waals surface area contributed by atoms with Crippen molar-refractivity contribution in [2.45, 2.75) is 6.54 Å². The maximum absolute atomic E-state index is 12.4. The van der Waals surface area contributed by atoms with E-state index in [1.165, 1.54) is 0 Å². The molecule has 0 aliphatic rings. The molecule has 0 saturated heterocycles. The van der Waals surface area contributed by atoms with Gasteiger partial charge in [-0.25, -0.2) is 0 Å². The second-order valence-electron chi connectivity index (χ2n) is 7.31. The molecule has 3 aromatic rings. The number of ether oxygens (including phenoxy) is 1. The first-order valence-electron chi connectivity index (χ1n) is 9.70. The standard InChI is InChI=1S/C25H25N3O2/c1-27(2)23-12-6-20(7-13-23)17-28(3)25(29)18-30-24-14-10-22(11-15-24)21-8-4-19(16-26)5-9-21/h4-15H,17-18H2,1-3H3. The van der Waals surface area contributed by atoms with E-state index in [0.29, 0.717) is 17.9 Å². The van der Waals surface area contributed by atoms with E-state index in [4.69, 9.17) is 10.00 Å². The number of benzene rings is 3. The molecule has 152 valence electrons. The van der Waals surface area contributed by atoms with E-state index in [1.807, 2.05) is 79.7 Å². The van der Waals surface area contributed by atoms with Crippen LogP contribution in [-0.4, -0.2) is 38.6 Å². The zero-order valence-electron chi connectivity index (χ0n) is 17.5. The molecule has 5 heteroatoms. The van der Waals surface area contributed by atoms with Gasteiger partial charge in [0.2, 0.25) is 0 Å². The number of hydrogen-bond donors (Lipinski definition) is 0. The van der Waals surface area contributed by atoms with E-state index in [9.17, 15) is 4.79 Å². The molecule has 0 bridgehead atoms. The molecule has 0 saturated carbocycles. The summed E-state index contributed by atoms with van der Waals surface area (Å²) in [4.78, 5) is 16.1. The number of amides is 1. The summed E-state index contributed by atoms with van der Waals surface area (Å²) in [6.07, 6.45) is 0. The van der Waals surface area contributed by atoms with E-state index in [1.54, 1.807) is 24.1 Å². The third-order valence-corrected chi connectivity index (χ3v) is 4.86. The molecule has 0 heterocycles. The predicted molar refractivity (Wildman–Crippen MR) is 119 cm³/mol. The summed E-state index contributed by atoms with van der Waals surface area (Å²) in [5.41, 5.74) is 4.88. The van der Waals surface area contributed by atoms with Crippen molar-refractivity contribution in [3.8, 4) is 22.9 Å². The van der Waals surface area contributed by atoms with Gasteiger partial charge in [0.15, 0.2) is 6.61 Å². The van der Waals surface area contributed by atoms with Crippen molar-refractivity contribution < 1.29 is 9.53 Å². The van der Waals surface area contributed by atoms with Crippen LogP contribution in [0.5, 0.6) is 5.75 Å². The van der Waals surface area contributed by atoms with E-state index in [2.05, 4.69) is 6.07 Å². The van der Waals surface area contributed by atoms with Gasteiger partial charge in [-0.3, -0.25) is 4.79 Å². The molecular weight excluding hydrogens is 374 g/mol. The molecule has 0 radical (unpaired) electrons. The lowest BCUT2D eigenvalue weighted by Crippen LogP contribution is -2.30. The molecule has 0 aliphatic heterocycles. The highest BCUT2D eigenvalue weighted by molar-refractivity contribution is 5.77. The summed E-state index contributed by atoms with van der Waals surface area (Å²) in [6.45, 7) is 0.524. The highest BCUT2D eigenvalue weighted by atomic mass is 16.5. The molecule has 30 heavy (non-hydrogen) atoms. The van der Waals surface area contributed by atoms with Gasteiger partial charge in [-0.1, -0.05) is 36.4 Å². The second kappa shape index (κ2) is 9.62. The Balaban J connectivity index is 1.52. The number of rotatable bonds is 7. The Kier molecular flexibility index (Phi) is 6.71. The predicted octanol–water partition coefficient (Wildman–Crippen LogP) is 4.33. The summed E-state index contributed by atoms with van der Waals surface area (Å²) in [5, 5.41) is 8.89. The summed E-state index contributed by atoms with van der Waals surface area (Å²) in [6, 6.07) is 25.3. The number of anilines is 1. The minimum Gasteiger partial charge on any atom is -0.484 e. The van der Waals surface area contributed by atoms with Crippen LogP contribution in [0.1, 0.15) is 11.1 Å². The average Bonchev–Trinajstić information content (AvgIpc) is 2.78. The molecule has 0 unspecified atom stereocenters. The monoisotopic (exact) mass is 399 g/mol. The molecule has 0 spiro atoms. The van der Waals surface area contributed by atoms with Crippen LogP contribution >= 0.6 is 0 Å². The van der Waals surface area contributed by atoms with Crippen LogP contribution in [0.3, 0.4) is 0 Å². The number of likely N-dealkylation sites (N-methyl/N-ethyl adjacent to an activating group) is 1. The van der Waals surface area contributed by atoms with E-state index in [-0.39, 0.29) is 12.5 Å². The third-order valence-electron chi connectivity index (χ3n) is 4.86. The van der Waals surface area contributed by atoms with Crippen LogP contribution in [0.2, 0.25) is 0 Å². The number of nitrogens with zero attached hydrogens (tertiary/aromatic N) is 3. The summed E-state index contributed by atoms with van der Waals surface area (Å²) >= 11 is 0. The van der Waals surface area contributed by atoms with Gasteiger partial charge in [0.25, 0.3) is 5.91 Å². The quantitative estimate of drug-likeness (QED) is 0.593. The SMILES string of the molecule is CN(Cc1ccc(N(C)C)cc1)C(=O)COc1ccc(-c2ccc(C#N)cc2)cc1. The molecule has 5 nitrogen and oxygen atoms in total. The minimum atomic E-state index is -0.0807. The topological polar surface area (TPSA) is 56.6 Å². The number of nitriles is 1. The summed E-state index contributed by atoms with van der Waals surface area (Å²) in [7, 11) is 5.78. The van der Waals surface area contributed by atoms with Crippen molar-refractivity contribution in [3.05, 3.63) is 83.9 Å².